The van der Waals surface area contributed by atoms with Crippen molar-refractivity contribution in [1.29, 1.82) is 0 Å². The molecular weight excluding hydrogens is 199 g/mol. The Balaban J connectivity index is 2.20. The van der Waals surface area contributed by atoms with Crippen molar-refractivity contribution in [3.8, 4) is 5.75 Å². The van der Waals surface area contributed by atoms with Gasteiger partial charge in [-0.2, -0.15) is 0 Å². The molecule has 1 fully saturated rings. The van der Waals surface area contributed by atoms with Crippen molar-refractivity contribution in [3.63, 3.8) is 0 Å². The number of carboxylic acid groups (broad SMARTS) is 1. The Bertz CT molecular complexity index is 385. The van der Waals surface area contributed by atoms with Gasteiger partial charge in [0.05, 0.1) is 6.61 Å². The lowest BCUT2D eigenvalue weighted by Crippen LogP contribution is -2.07. The van der Waals surface area contributed by atoms with E-state index in [1.54, 1.807) is 0 Å². The predicted octanol–water partition coefficient (Wildman–Crippen LogP) is 2.31. The van der Waals surface area contributed by atoms with E-state index in [2.05, 4.69) is 0 Å². The summed E-state index contributed by atoms with van der Waals surface area (Å²) in [6.45, 7) is 0.404. The fourth-order valence-electron chi connectivity index (χ4n) is 1.31. The lowest BCUT2D eigenvalue weighted by molar-refractivity contribution is 0.0690. The maximum Gasteiger partial charge on any atom is 0.339 e. The number of aromatic carboxylic acids is 1. The Morgan fingerprint density at radius 2 is 2.27 bits per heavy atom. The van der Waals surface area contributed by atoms with Crippen LogP contribution in [0.15, 0.2) is 18.2 Å². The van der Waals surface area contributed by atoms with Crippen molar-refractivity contribution in [3.05, 3.63) is 29.6 Å². The van der Waals surface area contributed by atoms with Gasteiger partial charge in [-0.3, -0.25) is 0 Å². The molecule has 0 heterocycles. The number of benzene rings is 1. The maximum atomic E-state index is 13.3. The third kappa shape index (κ3) is 2.26. The Labute approximate surface area is 86.5 Å². The van der Waals surface area contributed by atoms with Crippen LogP contribution >= 0.6 is 0 Å². The highest BCUT2D eigenvalue weighted by Gasteiger charge is 2.24. The minimum Gasteiger partial charge on any atom is -0.489 e. The standard InChI is InChI=1S/C11H11FO3/c12-9-3-1-2-8(11(13)14)10(9)15-6-7-4-5-7/h1-3,7H,4-6H2,(H,13,14). The molecule has 1 saturated carbocycles. The van der Waals surface area contributed by atoms with Crippen molar-refractivity contribution in [2.24, 2.45) is 5.92 Å². The lowest BCUT2D eigenvalue weighted by Gasteiger charge is -2.08. The first-order valence-corrected chi connectivity index (χ1v) is 4.83. The molecule has 1 aliphatic rings. The van der Waals surface area contributed by atoms with E-state index in [4.69, 9.17) is 9.84 Å². The van der Waals surface area contributed by atoms with Gasteiger partial charge in [0, 0.05) is 0 Å². The van der Waals surface area contributed by atoms with Gasteiger partial charge in [0.2, 0.25) is 0 Å². The smallest absolute Gasteiger partial charge is 0.339 e. The largest absolute Gasteiger partial charge is 0.489 e. The molecule has 3 nitrogen and oxygen atoms in total. The zero-order valence-corrected chi connectivity index (χ0v) is 8.07. The molecule has 0 amide bonds. The minimum atomic E-state index is -1.17. The minimum absolute atomic E-state index is 0.115. The maximum absolute atomic E-state index is 13.3. The summed E-state index contributed by atoms with van der Waals surface area (Å²) >= 11 is 0. The van der Waals surface area contributed by atoms with Crippen LogP contribution in [0.2, 0.25) is 0 Å². The molecule has 4 heteroatoms. The summed E-state index contributed by atoms with van der Waals surface area (Å²) in [6.07, 6.45) is 2.16. The Morgan fingerprint density at radius 1 is 1.53 bits per heavy atom. The summed E-state index contributed by atoms with van der Waals surface area (Å²) in [4.78, 5) is 10.8. The second kappa shape index (κ2) is 3.88. The van der Waals surface area contributed by atoms with E-state index < -0.39 is 11.8 Å². The summed E-state index contributed by atoms with van der Waals surface area (Å²) in [5.74, 6) is -1.46. The summed E-state index contributed by atoms with van der Waals surface area (Å²) in [5.41, 5.74) is -0.115. The van der Waals surface area contributed by atoms with Gasteiger partial charge in [0.1, 0.15) is 5.56 Å². The zero-order chi connectivity index (χ0) is 10.8. The second-order valence-electron chi connectivity index (χ2n) is 3.68. The van der Waals surface area contributed by atoms with Crippen molar-refractivity contribution in [2.45, 2.75) is 12.8 Å². The molecule has 80 valence electrons. The van der Waals surface area contributed by atoms with Crippen molar-refractivity contribution < 1.29 is 19.0 Å². The van der Waals surface area contributed by atoms with Crippen LogP contribution in [-0.4, -0.2) is 17.7 Å². The number of para-hydroxylation sites is 1. The summed E-state index contributed by atoms with van der Waals surface area (Å²) in [6, 6.07) is 3.91. The van der Waals surface area contributed by atoms with Crippen LogP contribution in [0.25, 0.3) is 0 Å². The first kappa shape index (κ1) is 9.96. The van der Waals surface area contributed by atoms with Gasteiger partial charge in [0.25, 0.3) is 0 Å². The van der Waals surface area contributed by atoms with E-state index in [9.17, 15) is 9.18 Å². The number of halogens is 1. The highest BCUT2D eigenvalue weighted by Crippen LogP contribution is 2.31. The fraction of sp³-hybridized carbons (Fsp3) is 0.364. The van der Waals surface area contributed by atoms with Crippen LogP contribution in [-0.2, 0) is 0 Å². The van der Waals surface area contributed by atoms with Crippen LogP contribution < -0.4 is 4.74 Å². The van der Waals surface area contributed by atoms with Gasteiger partial charge >= 0.3 is 5.97 Å². The molecular formula is C11H11FO3. The number of hydrogen-bond donors (Lipinski definition) is 1. The van der Waals surface area contributed by atoms with Crippen molar-refractivity contribution in [2.75, 3.05) is 6.61 Å². The molecule has 1 aromatic rings. The van der Waals surface area contributed by atoms with Gasteiger partial charge in [0.15, 0.2) is 11.6 Å². The van der Waals surface area contributed by atoms with E-state index in [-0.39, 0.29) is 11.3 Å². The quantitative estimate of drug-likeness (QED) is 0.829. The zero-order valence-electron chi connectivity index (χ0n) is 8.07. The average molecular weight is 210 g/mol. The topological polar surface area (TPSA) is 46.5 Å². The first-order valence-electron chi connectivity index (χ1n) is 4.83. The number of rotatable bonds is 4. The van der Waals surface area contributed by atoms with Gasteiger partial charge in [-0.05, 0) is 30.9 Å². The summed E-state index contributed by atoms with van der Waals surface area (Å²) in [7, 11) is 0. The summed E-state index contributed by atoms with van der Waals surface area (Å²) < 4.78 is 18.5. The van der Waals surface area contributed by atoms with Crippen LogP contribution in [0.3, 0.4) is 0 Å². The van der Waals surface area contributed by atoms with E-state index in [0.717, 1.165) is 12.8 Å². The third-order valence-electron chi connectivity index (χ3n) is 2.36. The molecule has 2 rings (SSSR count). The molecule has 1 aromatic carbocycles. The normalized spacial score (nSPS) is 15.0. The predicted molar refractivity (Wildman–Crippen MR) is 51.6 cm³/mol. The molecule has 0 spiro atoms. The molecule has 0 bridgehead atoms. The first-order chi connectivity index (χ1) is 7.18. The molecule has 0 saturated heterocycles. The van der Waals surface area contributed by atoms with Crippen molar-refractivity contribution >= 4 is 5.97 Å². The van der Waals surface area contributed by atoms with Crippen molar-refractivity contribution in [1.82, 2.24) is 0 Å². The SMILES string of the molecule is O=C(O)c1cccc(F)c1OCC1CC1. The molecule has 1 N–H and O–H groups in total. The number of hydrogen-bond acceptors (Lipinski definition) is 2. The molecule has 0 unspecified atom stereocenters. The van der Waals surface area contributed by atoms with E-state index in [1.807, 2.05) is 0 Å². The number of carbonyl (C=O) groups is 1. The Morgan fingerprint density at radius 3 is 2.87 bits per heavy atom. The van der Waals surface area contributed by atoms with Crippen LogP contribution in [0, 0.1) is 11.7 Å². The van der Waals surface area contributed by atoms with E-state index in [0.29, 0.717) is 12.5 Å². The molecule has 15 heavy (non-hydrogen) atoms. The van der Waals surface area contributed by atoms with Gasteiger partial charge in [-0.1, -0.05) is 6.07 Å². The number of carboxylic acids is 1. The molecule has 0 radical (unpaired) electrons. The Kier molecular flexibility index (Phi) is 2.58. The molecule has 0 aromatic heterocycles. The third-order valence-corrected chi connectivity index (χ3v) is 2.36. The van der Waals surface area contributed by atoms with Crippen LogP contribution in [0.5, 0.6) is 5.75 Å². The van der Waals surface area contributed by atoms with Crippen LogP contribution in [0.4, 0.5) is 4.39 Å². The monoisotopic (exact) mass is 210 g/mol. The van der Waals surface area contributed by atoms with E-state index in [1.165, 1.54) is 18.2 Å². The number of ether oxygens (including phenoxy) is 1. The van der Waals surface area contributed by atoms with Gasteiger partial charge in [-0.15, -0.1) is 0 Å². The van der Waals surface area contributed by atoms with Crippen LogP contribution in [0.1, 0.15) is 23.2 Å². The lowest BCUT2D eigenvalue weighted by atomic mass is 10.2. The van der Waals surface area contributed by atoms with Gasteiger partial charge in [-0.25, -0.2) is 9.18 Å². The highest BCUT2D eigenvalue weighted by atomic mass is 19.1. The average Bonchev–Trinajstić information content (AvgIpc) is 2.99. The molecule has 0 atom stereocenters. The van der Waals surface area contributed by atoms with E-state index >= 15 is 0 Å². The Hall–Kier alpha value is -1.58. The fourth-order valence-corrected chi connectivity index (χ4v) is 1.31. The summed E-state index contributed by atoms with van der Waals surface area (Å²) in [5, 5.41) is 8.82. The highest BCUT2D eigenvalue weighted by molar-refractivity contribution is 5.90. The van der Waals surface area contributed by atoms with Gasteiger partial charge < -0.3 is 9.84 Å². The second-order valence-corrected chi connectivity index (χ2v) is 3.68. The molecule has 1 aliphatic carbocycles. The molecule has 0 aliphatic heterocycles.